The summed E-state index contributed by atoms with van der Waals surface area (Å²) < 4.78 is 11.2. The van der Waals surface area contributed by atoms with E-state index in [1.165, 1.54) is 0 Å². The summed E-state index contributed by atoms with van der Waals surface area (Å²) in [6, 6.07) is 0. The van der Waals surface area contributed by atoms with Gasteiger partial charge < -0.3 is 24.8 Å². The first kappa shape index (κ1) is 18.4. The molecule has 0 amide bonds. The van der Waals surface area contributed by atoms with Crippen LogP contribution in [0.4, 0.5) is 0 Å². The first-order chi connectivity index (χ1) is 9.90. The van der Waals surface area contributed by atoms with Crippen molar-refractivity contribution in [2.75, 3.05) is 0 Å². The standard InChI is InChI=1S/C15H28O6/c1-10(7-5-3-4-6-8-14(18)19)20-15-13(17)9-12(16)11(2)21-15/h10-13,15-17H,3-9H2,1-2H3,(H,18,19). The minimum atomic E-state index is -0.797. The van der Waals surface area contributed by atoms with Crippen molar-refractivity contribution in [3.05, 3.63) is 0 Å². The average molecular weight is 304 g/mol. The van der Waals surface area contributed by atoms with Crippen molar-refractivity contribution in [1.29, 1.82) is 0 Å². The summed E-state index contributed by atoms with van der Waals surface area (Å²) >= 11 is 0. The largest absolute Gasteiger partial charge is 0.481 e. The molecule has 1 rings (SSSR count). The zero-order chi connectivity index (χ0) is 15.8. The Morgan fingerprint density at radius 3 is 2.57 bits per heavy atom. The second kappa shape index (κ2) is 9.35. The Bertz CT molecular complexity index is 309. The molecule has 0 radical (unpaired) electrons. The van der Waals surface area contributed by atoms with Crippen LogP contribution in [0, 0.1) is 0 Å². The van der Waals surface area contributed by atoms with Gasteiger partial charge >= 0.3 is 5.97 Å². The number of rotatable bonds is 9. The van der Waals surface area contributed by atoms with Crippen molar-refractivity contribution >= 4 is 5.97 Å². The Kier molecular flexibility index (Phi) is 8.18. The van der Waals surface area contributed by atoms with E-state index in [1.54, 1.807) is 6.92 Å². The van der Waals surface area contributed by atoms with Gasteiger partial charge in [-0.05, 0) is 26.7 Å². The highest BCUT2D eigenvalue weighted by molar-refractivity contribution is 5.66. The van der Waals surface area contributed by atoms with Gasteiger partial charge in [0.15, 0.2) is 6.29 Å². The molecular weight excluding hydrogens is 276 g/mol. The van der Waals surface area contributed by atoms with Gasteiger partial charge in [-0.1, -0.05) is 19.3 Å². The molecule has 0 bridgehead atoms. The number of hydrogen-bond donors (Lipinski definition) is 3. The van der Waals surface area contributed by atoms with Gasteiger partial charge in [-0.25, -0.2) is 0 Å². The summed E-state index contributed by atoms with van der Waals surface area (Å²) in [5.74, 6) is -0.744. The second-order valence-electron chi connectivity index (χ2n) is 5.87. The maximum Gasteiger partial charge on any atom is 0.303 e. The molecule has 0 aromatic carbocycles. The number of hydrogen-bond acceptors (Lipinski definition) is 5. The van der Waals surface area contributed by atoms with Crippen LogP contribution in [0.25, 0.3) is 0 Å². The number of unbranched alkanes of at least 4 members (excludes halogenated alkanes) is 3. The molecule has 1 aliphatic heterocycles. The van der Waals surface area contributed by atoms with E-state index < -0.39 is 24.5 Å². The molecule has 21 heavy (non-hydrogen) atoms. The Morgan fingerprint density at radius 2 is 1.90 bits per heavy atom. The zero-order valence-electron chi connectivity index (χ0n) is 12.9. The van der Waals surface area contributed by atoms with E-state index in [0.717, 1.165) is 25.7 Å². The number of aliphatic hydroxyl groups is 2. The molecule has 0 saturated carbocycles. The zero-order valence-corrected chi connectivity index (χ0v) is 12.9. The summed E-state index contributed by atoms with van der Waals surface area (Å²) in [7, 11) is 0. The van der Waals surface area contributed by atoms with E-state index in [-0.39, 0.29) is 25.0 Å². The normalized spacial score (nSPS) is 31.0. The lowest BCUT2D eigenvalue weighted by Crippen LogP contribution is -2.48. The third-order valence-corrected chi connectivity index (χ3v) is 3.81. The molecule has 0 aromatic heterocycles. The Labute approximate surface area is 126 Å². The quantitative estimate of drug-likeness (QED) is 0.561. The molecule has 0 aliphatic carbocycles. The van der Waals surface area contributed by atoms with E-state index in [2.05, 4.69) is 0 Å². The lowest BCUT2D eigenvalue weighted by atomic mass is 10.0. The van der Waals surface area contributed by atoms with E-state index in [9.17, 15) is 15.0 Å². The molecule has 1 heterocycles. The third-order valence-electron chi connectivity index (χ3n) is 3.81. The highest BCUT2D eigenvalue weighted by Gasteiger charge is 2.35. The van der Waals surface area contributed by atoms with Gasteiger partial charge in [0.25, 0.3) is 0 Å². The monoisotopic (exact) mass is 304 g/mol. The highest BCUT2D eigenvalue weighted by Crippen LogP contribution is 2.23. The lowest BCUT2D eigenvalue weighted by Gasteiger charge is -2.36. The Morgan fingerprint density at radius 1 is 1.24 bits per heavy atom. The fourth-order valence-corrected chi connectivity index (χ4v) is 2.42. The first-order valence-electron chi connectivity index (χ1n) is 7.79. The topological polar surface area (TPSA) is 96.2 Å². The summed E-state index contributed by atoms with van der Waals surface area (Å²) in [5.41, 5.74) is 0. The summed E-state index contributed by atoms with van der Waals surface area (Å²) in [6.07, 6.45) is 2.41. The molecule has 1 saturated heterocycles. The van der Waals surface area contributed by atoms with E-state index in [0.29, 0.717) is 6.42 Å². The third kappa shape index (κ3) is 7.22. The summed E-state index contributed by atoms with van der Waals surface area (Å²) in [5, 5.41) is 27.9. The van der Waals surface area contributed by atoms with Crippen LogP contribution >= 0.6 is 0 Å². The van der Waals surface area contributed by atoms with Gasteiger partial charge in [0, 0.05) is 12.8 Å². The maximum atomic E-state index is 10.4. The highest BCUT2D eigenvalue weighted by atomic mass is 16.7. The number of aliphatic hydroxyl groups excluding tert-OH is 2. The maximum absolute atomic E-state index is 10.4. The van der Waals surface area contributed by atoms with Crippen LogP contribution in [0.2, 0.25) is 0 Å². The van der Waals surface area contributed by atoms with Crippen LogP contribution < -0.4 is 0 Å². The molecule has 0 spiro atoms. The van der Waals surface area contributed by atoms with Gasteiger partial charge in [0.2, 0.25) is 0 Å². The van der Waals surface area contributed by atoms with E-state index >= 15 is 0 Å². The minimum Gasteiger partial charge on any atom is -0.481 e. The predicted octanol–water partition coefficient (Wildman–Crippen LogP) is 1.67. The molecule has 1 fully saturated rings. The summed E-state index contributed by atoms with van der Waals surface area (Å²) in [4.78, 5) is 10.4. The van der Waals surface area contributed by atoms with E-state index in [4.69, 9.17) is 14.6 Å². The van der Waals surface area contributed by atoms with Crippen LogP contribution in [0.3, 0.4) is 0 Å². The number of aliphatic carboxylic acids is 1. The minimum absolute atomic E-state index is 0.0356. The predicted molar refractivity (Wildman–Crippen MR) is 76.9 cm³/mol. The number of ether oxygens (including phenoxy) is 2. The van der Waals surface area contributed by atoms with E-state index in [1.807, 2.05) is 6.92 Å². The second-order valence-corrected chi connectivity index (χ2v) is 5.87. The van der Waals surface area contributed by atoms with Crippen LogP contribution in [-0.2, 0) is 14.3 Å². The van der Waals surface area contributed by atoms with Crippen molar-refractivity contribution in [2.45, 2.75) is 89.5 Å². The van der Waals surface area contributed by atoms with Crippen molar-refractivity contribution in [3.63, 3.8) is 0 Å². The van der Waals surface area contributed by atoms with Gasteiger partial charge in [0.05, 0.1) is 18.3 Å². The first-order valence-corrected chi connectivity index (χ1v) is 7.79. The average Bonchev–Trinajstić information content (AvgIpc) is 2.39. The Hall–Kier alpha value is -0.690. The lowest BCUT2D eigenvalue weighted by molar-refractivity contribution is -0.273. The molecule has 0 aromatic rings. The van der Waals surface area contributed by atoms with Crippen LogP contribution in [-0.4, -0.2) is 52.0 Å². The van der Waals surface area contributed by atoms with Crippen LogP contribution in [0.5, 0.6) is 0 Å². The molecule has 6 nitrogen and oxygen atoms in total. The van der Waals surface area contributed by atoms with Gasteiger partial charge in [-0.15, -0.1) is 0 Å². The Balaban J connectivity index is 2.12. The van der Waals surface area contributed by atoms with Gasteiger partial charge in [0.1, 0.15) is 6.10 Å². The van der Waals surface area contributed by atoms with Crippen molar-refractivity contribution in [1.82, 2.24) is 0 Å². The molecule has 3 N–H and O–H groups in total. The summed E-state index contributed by atoms with van der Waals surface area (Å²) in [6.45, 7) is 3.70. The fourth-order valence-electron chi connectivity index (χ4n) is 2.42. The van der Waals surface area contributed by atoms with Crippen LogP contribution in [0.1, 0.15) is 58.8 Å². The number of carboxylic acids is 1. The van der Waals surface area contributed by atoms with Gasteiger partial charge in [-0.3, -0.25) is 4.79 Å². The number of carbonyl (C=O) groups is 1. The molecule has 124 valence electrons. The molecule has 5 unspecified atom stereocenters. The SMILES string of the molecule is CC(CCCCCCC(=O)O)OC1OC(C)C(O)CC1O. The smallest absolute Gasteiger partial charge is 0.303 e. The number of carboxylic acid groups (broad SMARTS) is 1. The van der Waals surface area contributed by atoms with Crippen molar-refractivity contribution in [3.8, 4) is 0 Å². The molecule has 1 aliphatic rings. The molecule has 5 atom stereocenters. The molecule has 6 heteroatoms. The van der Waals surface area contributed by atoms with Crippen LogP contribution in [0.15, 0.2) is 0 Å². The fraction of sp³-hybridized carbons (Fsp3) is 0.933. The van der Waals surface area contributed by atoms with Crippen molar-refractivity contribution in [2.24, 2.45) is 0 Å². The van der Waals surface area contributed by atoms with Gasteiger partial charge in [-0.2, -0.15) is 0 Å². The van der Waals surface area contributed by atoms with Crippen molar-refractivity contribution < 1.29 is 29.6 Å². The molecular formula is C15H28O6.